The number of rotatable bonds is 6. The van der Waals surface area contributed by atoms with Gasteiger partial charge in [0, 0.05) is 18.7 Å². The number of anilines is 1. The van der Waals surface area contributed by atoms with Crippen molar-refractivity contribution in [1.82, 2.24) is 8.75 Å². The molecule has 1 amide bonds. The predicted octanol–water partition coefficient (Wildman–Crippen LogP) is 2.91. The highest BCUT2D eigenvalue weighted by atomic mass is 32.2. The molecule has 2 aromatic carbocycles. The van der Waals surface area contributed by atoms with E-state index in [1.807, 2.05) is 37.3 Å². The molecular formula is C17H17N3O3S2. The van der Waals surface area contributed by atoms with Gasteiger partial charge in [0.15, 0.2) is 9.84 Å². The van der Waals surface area contributed by atoms with Crippen molar-refractivity contribution in [2.75, 3.05) is 17.2 Å². The molecule has 0 unspecified atom stereocenters. The molecule has 0 fully saturated rings. The Morgan fingerprint density at radius 2 is 1.84 bits per heavy atom. The number of sulfone groups is 1. The van der Waals surface area contributed by atoms with Crippen molar-refractivity contribution in [3.8, 4) is 0 Å². The molecule has 0 atom stereocenters. The highest BCUT2D eigenvalue weighted by Gasteiger charge is 2.23. The molecule has 1 aromatic heterocycles. The van der Waals surface area contributed by atoms with Gasteiger partial charge >= 0.3 is 0 Å². The first-order valence-electron chi connectivity index (χ1n) is 7.82. The van der Waals surface area contributed by atoms with Crippen LogP contribution in [0.4, 0.5) is 5.69 Å². The first-order valence-corrected chi connectivity index (χ1v) is 10.2. The number of carbonyl (C=O) groups excluding carboxylic acids is 1. The molecule has 0 aliphatic rings. The molecule has 0 bridgehead atoms. The molecule has 25 heavy (non-hydrogen) atoms. The Bertz CT molecular complexity index is 985. The van der Waals surface area contributed by atoms with Crippen LogP contribution in [-0.2, 0) is 14.6 Å². The van der Waals surface area contributed by atoms with Crippen LogP contribution in [0.5, 0.6) is 0 Å². The molecule has 0 aliphatic carbocycles. The standard InChI is InChI=1S/C17H17N3O3S2/c1-2-20(13-7-4-3-5-8-13)16(21)11-12-25(22,23)15-10-6-9-14-17(15)19-24-18-14/h3-10H,2,11-12H2,1H3. The largest absolute Gasteiger partial charge is 0.313 e. The zero-order valence-corrected chi connectivity index (χ0v) is 15.3. The van der Waals surface area contributed by atoms with Gasteiger partial charge in [-0.25, -0.2) is 8.42 Å². The van der Waals surface area contributed by atoms with Crippen LogP contribution in [-0.4, -0.2) is 35.4 Å². The highest BCUT2D eigenvalue weighted by Crippen LogP contribution is 2.23. The zero-order chi connectivity index (χ0) is 17.9. The first-order chi connectivity index (χ1) is 12.0. The van der Waals surface area contributed by atoms with Crippen LogP contribution in [0.2, 0.25) is 0 Å². The maximum Gasteiger partial charge on any atom is 0.228 e. The third kappa shape index (κ3) is 3.69. The van der Waals surface area contributed by atoms with Crippen molar-refractivity contribution in [3.05, 3.63) is 48.5 Å². The van der Waals surface area contributed by atoms with Crippen LogP contribution >= 0.6 is 11.7 Å². The minimum absolute atomic E-state index is 0.0843. The molecule has 3 aromatic rings. The summed E-state index contributed by atoms with van der Waals surface area (Å²) in [6, 6.07) is 14.1. The van der Waals surface area contributed by atoms with E-state index in [1.165, 1.54) is 6.07 Å². The third-order valence-corrected chi connectivity index (χ3v) is 6.14. The van der Waals surface area contributed by atoms with Gasteiger partial charge in [0.2, 0.25) is 5.91 Å². The smallest absolute Gasteiger partial charge is 0.228 e. The summed E-state index contributed by atoms with van der Waals surface area (Å²) < 4.78 is 33.5. The maximum absolute atomic E-state index is 12.7. The Balaban J connectivity index is 1.78. The molecule has 130 valence electrons. The van der Waals surface area contributed by atoms with Gasteiger partial charge in [-0.05, 0) is 31.2 Å². The second-order valence-electron chi connectivity index (χ2n) is 5.43. The topological polar surface area (TPSA) is 80.2 Å². The summed E-state index contributed by atoms with van der Waals surface area (Å²) in [5.74, 6) is -0.480. The molecule has 6 nitrogen and oxygen atoms in total. The molecule has 0 aliphatic heterocycles. The van der Waals surface area contributed by atoms with Gasteiger partial charge in [-0.1, -0.05) is 24.3 Å². The van der Waals surface area contributed by atoms with E-state index in [2.05, 4.69) is 8.75 Å². The fourth-order valence-electron chi connectivity index (χ4n) is 2.61. The van der Waals surface area contributed by atoms with Crippen LogP contribution in [0.1, 0.15) is 13.3 Å². The Kier molecular flexibility index (Phi) is 5.10. The van der Waals surface area contributed by atoms with Gasteiger partial charge in [-0.2, -0.15) is 8.75 Å². The predicted molar refractivity (Wildman–Crippen MR) is 98.6 cm³/mol. The molecule has 1 heterocycles. The lowest BCUT2D eigenvalue weighted by Gasteiger charge is -2.21. The minimum Gasteiger partial charge on any atom is -0.313 e. The van der Waals surface area contributed by atoms with E-state index in [0.717, 1.165) is 17.4 Å². The monoisotopic (exact) mass is 375 g/mol. The Morgan fingerprint density at radius 1 is 1.08 bits per heavy atom. The van der Waals surface area contributed by atoms with E-state index in [9.17, 15) is 13.2 Å². The number of hydrogen-bond acceptors (Lipinski definition) is 6. The van der Waals surface area contributed by atoms with Gasteiger partial charge in [0.25, 0.3) is 0 Å². The van der Waals surface area contributed by atoms with E-state index >= 15 is 0 Å². The second kappa shape index (κ2) is 7.28. The Morgan fingerprint density at radius 3 is 2.56 bits per heavy atom. The van der Waals surface area contributed by atoms with Crippen LogP contribution in [0.25, 0.3) is 11.0 Å². The average molecular weight is 375 g/mol. The lowest BCUT2D eigenvalue weighted by molar-refractivity contribution is -0.118. The van der Waals surface area contributed by atoms with Gasteiger partial charge in [0.05, 0.1) is 22.4 Å². The number of aromatic nitrogens is 2. The van der Waals surface area contributed by atoms with Crippen molar-refractivity contribution in [1.29, 1.82) is 0 Å². The maximum atomic E-state index is 12.7. The van der Waals surface area contributed by atoms with Crippen LogP contribution in [0.3, 0.4) is 0 Å². The van der Waals surface area contributed by atoms with Gasteiger partial charge in [-0.15, -0.1) is 0 Å². The van der Waals surface area contributed by atoms with Crippen LogP contribution < -0.4 is 4.90 Å². The zero-order valence-electron chi connectivity index (χ0n) is 13.6. The summed E-state index contributed by atoms with van der Waals surface area (Å²) in [5.41, 5.74) is 1.69. The van der Waals surface area contributed by atoms with Gasteiger partial charge in [0.1, 0.15) is 11.0 Å². The minimum atomic E-state index is -3.62. The normalized spacial score (nSPS) is 11.6. The molecule has 0 N–H and O–H groups in total. The van der Waals surface area contributed by atoms with Crippen molar-refractivity contribution < 1.29 is 13.2 Å². The lowest BCUT2D eigenvalue weighted by Crippen LogP contribution is -2.32. The molecule has 8 heteroatoms. The third-order valence-electron chi connectivity index (χ3n) is 3.85. The van der Waals surface area contributed by atoms with Crippen molar-refractivity contribution >= 4 is 44.2 Å². The summed E-state index contributed by atoms with van der Waals surface area (Å²) in [4.78, 5) is 14.2. The van der Waals surface area contributed by atoms with Crippen LogP contribution in [0.15, 0.2) is 53.4 Å². The molecule has 3 rings (SSSR count). The Hall–Kier alpha value is -2.32. The highest BCUT2D eigenvalue weighted by molar-refractivity contribution is 7.91. The van der Waals surface area contributed by atoms with Crippen molar-refractivity contribution in [2.45, 2.75) is 18.2 Å². The van der Waals surface area contributed by atoms with E-state index in [0.29, 0.717) is 17.6 Å². The van der Waals surface area contributed by atoms with Gasteiger partial charge in [-0.3, -0.25) is 4.79 Å². The fourth-order valence-corrected chi connectivity index (χ4v) is 4.61. The molecular weight excluding hydrogens is 358 g/mol. The number of benzene rings is 2. The summed E-state index contributed by atoms with van der Waals surface area (Å²) in [6.07, 6.45) is -0.0843. The second-order valence-corrected chi connectivity index (χ2v) is 8.04. The summed E-state index contributed by atoms with van der Waals surface area (Å²) >= 11 is 0.974. The molecule has 0 spiro atoms. The summed E-state index contributed by atoms with van der Waals surface area (Å²) in [7, 11) is -3.62. The molecule has 0 radical (unpaired) electrons. The average Bonchev–Trinajstić information content (AvgIpc) is 3.10. The lowest BCUT2D eigenvalue weighted by atomic mass is 10.2. The van der Waals surface area contributed by atoms with Crippen LogP contribution in [0, 0.1) is 0 Å². The summed E-state index contributed by atoms with van der Waals surface area (Å²) in [6.45, 7) is 2.34. The SMILES string of the molecule is CCN(C(=O)CCS(=O)(=O)c1cccc2nsnc12)c1ccccc1. The number of carbonyl (C=O) groups is 1. The van der Waals surface area contributed by atoms with E-state index in [4.69, 9.17) is 0 Å². The number of amides is 1. The first kappa shape index (κ1) is 17.5. The number of nitrogens with zero attached hydrogens (tertiary/aromatic N) is 3. The number of fused-ring (bicyclic) bond motifs is 1. The molecule has 0 saturated heterocycles. The Labute approximate surface area is 150 Å². The quantitative estimate of drug-likeness (QED) is 0.662. The van der Waals surface area contributed by atoms with E-state index in [-0.39, 0.29) is 23.0 Å². The van der Waals surface area contributed by atoms with Crippen molar-refractivity contribution in [2.24, 2.45) is 0 Å². The fraction of sp³-hybridized carbons (Fsp3) is 0.235. The summed E-state index contributed by atoms with van der Waals surface area (Å²) in [5, 5.41) is 0. The van der Waals surface area contributed by atoms with E-state index in [1.54, 1.807) is 17.0 Å². The number of para-hydroxylation sites is 1. The van der Waals surface area contributed by atoms with Crippen molar-refractivity contribution in [3.63, 3.8) is 0 Å². The van der Waals surface area contributed by atoms with E-state index < -0.39 is 9.84 Å². The number of hydrogen-bond donors (Lipinski definition) is 0. The van der Waals surface area contributed by atoms with Gasteiger partial charge < -0.3 is 4.90 Å². The molecule has 0 saturated carbocycles.